The van der Waals surface area contributed by atoms with Gasteiger partial charge in [0, 0.05) is 5.56 Å². The molecule has 1 N–H and O–H groups in total. The highest BCUT2D eigenvalue weighted by Crippen LogP contribution is 2.41. The van der Waals surface area contributed by atoms with Crippen molar-refractivity contribution in [2.75, 3.05) is 7.11 Å². The van der Waals surface area contributed by atoms with Gasteiger partial charge in [-0.05, 0) is 36.5 Å². The van der Waals surface area contributed by atoms with E-state index in [4.69, 9.17) is 4.74 Å². The molecular weight excluding hydrogens is 340 g/mol. The highest BCUT2D eigenvalue weighted by Gasteiger charge is 2.33. The molecule has 138 valence electrons. The van der Waals surface area contributed by atoms with Crippen LogP contribution in [0.25, 0.3) is 11.4 Å². The number of rotatable bonds is 7. The number of aromatic nitrogens is 3. The minimum atomic E-state index is -0.0628. The Balaban J connectivity index is 1.42. The standard InChI is InChI=1S/C21H22N4O2/c1-27-18-11-9-16(10-12-18)20(15-7-8-15)23-19(26)13-25-14-22-21(24-25)17-5-3-2-4-6-17/h2-6,9-12,14-15,20H,7-8,13H2,1H3,(H,23,26)/t20-/m0/s1. The van der Waals surface area contributed by atoms with Crippen LogP contribution >= 0.6 is 0 Å². The van der Waals surface area contributed by atoms with Gasteiger partial charge in [-0.3, -0.25) is 4.79 Å². The summed E-state index contributed by atoms with van der Waals surface area (Å²) in [5.74, 6) is 1.87. The summed E-state index contributed by atoms with van der Waals surface area (Å²) in [6, 6.07) is 17.7. The molecule has 6 heteroatoms. The van der Waals surface area contributed by atoms with Crippen molar-refractivity contribution in [3.05, 3.63) is 66.5 Å². The first kappa shape index (κ1) is 17.3. The van der Waals surface area contributed by atoms with E-state index in [0.717, 1.165) is 29.7 Å². The molecule has 1 heterocycles. The van der Waals surface area contributed by atoms with Crippen molar-refractivity contribution in [1.29, 1.82) is 0 Å². The molecule has 2 aromatic carbocycles. The maximum atomic E-state index is 12.6. The Morgan fingerprint density at radius 1 is 1.19 bits per heavy atom. The zero-order valence-corrected chi connectivity index (χ0v) is 15.2. The molecular formula is C21H22N4O2. The summed E-state index contributed by atoms with van der Waals surface area (Å²) in [4.78, 5) is 16.9. The molecule has 6 nitrogen and oxygen atoms in total. The van der Waals surface area contributed by atoms with Crippen LogP contribution in [0, 0.1) is 5.92 Å². The number of hydrogen-bond acceptors (Lipinski definition) is 4. The van der Waals surface area contributed by atoms with Gasteiger partial charge < -0.3 is 10.1 Å². The molecule has 1 aliphatic rings. The fourth-order valence-corrected chi connectivity index (χ4v) is 3.17. The molecule has 0 radical (unpaired) electrons. The summed E-state index contributed by atoms with van der Waals surface area (Å²) in [5.41, 5.74) is 2.04. The van der Waals surface area contributed by atoms with Crippen LogP contribution in [0.5, 0.6) is 5.75 Å². The average Bonchev–Trinajstić information content (AvgIpc) is 3.45. The molecule has 1 aromatic heterocycles. The lowest BCUT2D eigenvalue weighted by molar-refractivity contribution is -0.122. The summed E-state index contributed by atoms with van der Waals surface area (Å²) in [6.07, 6.45) is 3.87. The summed E-state index contributed by atoms with van der Waals surface area (Å²) < 4.78 is 6.80. The molecule has 0 unspecified atom stereocenters. The topological polar surface area (TPSA) is 69.0 Å². The molecule has 1 atom stereocenters. The van der Waals surface area contributed by atoms with E-state index >= 15 is 0 Å². The Bertz CT molecular complexity index is 901. The van der Waals surface area contributed by atoms with Crippen LogP contribution in [0.1, 0.15) is 24.4 Å². The van der Waals surface area contributed by atoms with Gasteiger partial charge >= 0.3 is 0 Å². The molecule has 4 rings (SSSR count). The van der Waals surface area contributed by atoms with Crippen LogP contribution in [0.15, 0.2) is 60.9 Å². The number of carbonyl (C=O) groups excluding carboxylic acids is 1. The minimum Gasteiger partial charge on any atom is -0.497 e. The SMILES string of the molecule is COc1ccc([C@@H](NC(=O)Cn2cnc(-c3ccccc3)n2)C2CC2)cc1. The average molecular weight is 362 g/mol. The monoisotopic (exact) mass is 362 g/mol. The van der Waals surface area contributed by atoms with Gasteiger partial charge in [0.1, 0.15) is 18.6 Å². The van der Waals surface area contributed by atoms with Crippen LogP contribution in [0.2, 0.25) is 0 Å². The summed E-state index contributed by atoms with van der Waals surface area (Å²) >= 11 is 0. The Kier molecular flexibility index (Phi) is 4.87. The Hall–Kier alpha value is -3.15. The number of nitrogens with zero attached hydrogens (tertiary/aromatic N) is 3. The van der Waals surface area contributed by atoms with E-state index in [2.05, 4.69) is 15.4 Å². The predicted octanol–water partition coefficient (Wildman–Crippen LogP) is 3.22. The molecule has 27 heavy (non-hydrogen) atoms. The number of methoxy groups -OCH3 is 1. The van der Waals surface area contributed by atoms with Crippen LogP contribution in [0.4, 0.5) is 0 Å². The lowest BCUT2D eigenvalue weighted by atomic mass is 10.0. The first-order valence-electron chi connectivity index (χ1n) is 9.11. The molecule has 0 bridgehead atoms. The molecule has 0 spiro atoms. The van der Waals surface area contributed by atoms with E-state index in [1.807, 2.05) is 54.6 Å². The van der Waals surface area contributed by atoms with E-state index in [0.29, 0.717) is 11.7 Å². The Morgan fingerprint density at radius 3 is 2.59 bits per heavy atom. The quantitative estimate of drug-likeness (QED) is 0.701. The highest BCUT2D eigenvalue weighted by molar-refractivity contribution is 5.76. The van der Waals surface area contributed by atoms with Crippen LogP contribution in [-0.2, 0) is 11.3 Å². The third-order valence-electron chi connectivity index (χ3n) is 4.76. The van der Waals surface area contributed by atoms with Gasteiger partial charge in [-0.1, -0.05) is 42.5 Å². The minimum absolute atomic E-state index is 0.0283. The molecule has 1 fully saturated rings. The summed E-state index contributed by atoms with van der Waals surface area (Å²) in [7, 11) is 1.65. The highest BCUT2D eigenvalue weighted by atomic mass is 16.5. The van der Waals surface area contributed by atoms with Gasteiger partial charge in [-0.2, -0.15) is 5.10 Å². The lowest BCUT2D eigenvalue weighted by Gasteiger charge is -2.19. The zero-order valence-electron chi connectivity index (χ0n) is 15.2. The van der Waals surface area contributed by atoms with Gasteiger partial charge in [-0.25, -0.2) is 9.67 Å². The number of carbonyl (C=O) groups is 1. The molecule has 1 amide bonds. The van der Waals surface area contributed by atoms with E-state index in [1.165, 1.54) is 0 Å². The number of amides is 1. The van der Waals surface area contributed by atoms with Crippen molar-refractivity contribution in [1.82, 2.24) is 20.1 Å². The summed E-state index contributed by atoms with van der Waals surface area (Å²) in [6.45, 7) is 0.152. The molecule has 1 aliphatic carbocycles. The lowest BCUT2D eigenvalue weighted by Crippen LogP contribution is -2.32. The first-order valence-corrected chi connectivity index (χ1v) is 9.11. The number of nitrogens with one attached hydrogen (secondary N) is 1. The smallest absolute Gasteiger partial charge is 0.242 e. The van der Waals surface area contributed by atoms with Crippen molar-refractivity contribution in [2.24, 2.45) is 5.92 Å². The fourth-order valence-electron chi connectivity index (χ4n) is 3.17. The number of ether oxygens (including phenoxy) is 1. The van der Waals surface area contributed by atoms with Crippen LogP contribution < -0.4 is 10.1 Å². The fraction of sp³-hybridized carbons (Fsp3) is 0.286. The van der Waals surface area contributed by atoms with Crippen molar-refractivity contribution in [3.63, 3.8) is 0 Å². The third-order valence-corrected chi connectivity index (χ3v) is 4.76. The molecule has 1 saturated carbocycles. The maximum Gasteiger partial charge on any atom is 0.242 e. The van der Waals surface area contributed by atoms with Crippen molar-refractivity contribution >= 4 is 5.91 Å². The van der Waals surface area contributed by atoms with Gasteiger partial charge in [0.2, 0.25) is 5.91 Å². The van der Waals surface area contributed by atoms with Crippen molar-refractivity contribution in [2.45, 2.75) is 25.4 Å². The summed E-state index contributed by atoms with van der Waals surface area (Å²) in [5, 5.41) is 7.57. The number of hydrogen-bond donors (Lipinski definition) is 1. The molecule has 3 aromatic rings. The largest absolute Gasteiger partial charge is 0.497 e. The van der Waals surface area contributed by atoms with E-state index in [-0.39, 0.29) is 18.5 Å². The van der Waals surface area contributed by atoms with Gasteiger partial charge in [0.05, 0.1) is 13.2 Å². The molecule has 0 aliphatic heterocycles. The van der Waals surface area contributed by atoms with Gasteiger partial charge in [0.15, 0.2) is 5.82 Å². The molecule has 0 saturated heterocycles. The normalized spacial score (nSPS) is 14.6. The second-order valence-electron chi connectivity index (χ2n) is 6.79. The number of benzene rings is 2. The van der Waals surface area contributed by atoms with Crippen molar-refractivity contribution in [3.8, 4) is 17.1 Å². The van der Waals surface area contributed by atoms with Crippen LogP contribution in [0.3, 0.4) is 0 Å². The third kappa shape index (κ3) is 4.16. The Labute approximate surface area is 158 Å². The van der Waals surface area contributed by atoms with E-state index in [9.17, 15) is 4.79 Å². The van der Waals surface area contributed by atoms with Crippen molar-refractivity contribution < 1.29 is 9.53 Å². The maximum absolute atomic E-state index is 12.6. The Morgan fingerprint density at radius 2 is 1.93 bits per heavy atom. The van der Waals surface area contributed by atoms with Gasteiger partial charge in [-0.15, -0.1) is 0 Å². The van der Waals surface area contributed by atoms with Gasteiger partial charge in [0.25, 0.3) is 0 Å². The second-order valence-corrected chi connectivity index (χ2v) is 6.79. The first-order chi connectivity index (χ1) is 13.2. The van der Waals surface area contributed by atoms with E-state index in [1.54, 1.807) is 18.1 Å². The predicted molar refractivity (Wildman–Crippen MR) is 102 cm³/mol. The second kappa shape index (κ2) is 7.61. The van der Waals surface area contributed by atoms with E-state index < -0.39 is 0 Å². The van der Waals surface area contributed by atoms with Crippen LogP contribution in [-0.4, -0.2) is 27.8 Å². The zero-order chi connectivity index (χ0) is 18.6.